The molecule has 146 valence electrons. The maximum Gasteiger partial charge on any atom is 0.238 e. The maximum atomic E-state index is 12.6. The molecule has 1 aliphatic rings. The Morgan fingerprint density at radius 3 is 2.54 bits per heavy atom. The van der Waals surface area contributed by atoms with E-state index >= 15 is 0 Å². The summed E-state index contributed by atoms with van der Waals surface area (Å²) in [6.45, 7) is 0.286. The van der Waals surface area contributed by atoms with Crippen LogP contribution in [0.4, 0.5) is 0 Å². The van der Waals surface area contributed by atoms with Gasteiger partial charge in [0.15, 0.2) is 0 Å². The van der Waals surface area contributed by atoms with Crippen molar-refractivity contribution in [2.75, 3.05) is 33.6 Å². The van der Waals surface area contributed by atoms with E-state index in [2.05, 4.69) is 5.32 Å². The summed E-state index contributed by atoms with van der Waals surface area (Å²) >= 11 is 12.2. The predicted molar refractivity (Wildman–Crippen MR) is 99.7 cm³/mol. The first-order valence-corrected chi connectivity index (χ1v) is 10.6. The van der Waals surface area contributed by atoms with Gasteiger partial charge in [0.1, 0.15) is 6.04 Å². The lowest BCUT2D eigenvalue weighted by Gasteiger charge is -2.33. The van der Waals surface area contributed by atoms with Gasteiger partial charge in [-0.1, -0.05) is 29.3 Å². The van der Waals surface area contributed by atoms with Gasteiger partial charge in [0, 0.05) is 31.4 Å². The van der Waals surface area contributed by atoms with Gasteiger partial charge in [-0.3, -0.25) is 4.79 Å². The summed E-state index contributed by atoms with van der Waals surface area (Å²) in [6.07, 6.45) is 2.20. The van der Waals surface area contributed by atoms with Crippen LogP contribution >= 0.6 is 23.2 Å². The molecule has 7 nitrogen and oxygen atoms in total. The summed E-state index contributed by atoms with van der Waals surface area (Å²) in [5.41, 5.74) is 0.500. The van der Waals surface area contributed by atoms with Gasteiger partial charge in [0.05, 0.1) is 17.8 Å². The monoisotopic (exact) mass is 424 g/mol. The first kappa shape index (κ1) is 21.4. The zero-order valence-corrected chi connectivity index (χ0v) is 17.1. The van der Waals surface area contributed by atoms with Crippen molar-refractivity contribution in [3.8, 4) is 0 Å². The highest BCUT2D eigenvalue weighted by atomic mass is 35.5. The van der Waals surface area contributed by atoms with Crippen LogP contribution in [0.2, 0.25) is 10.0 Å². The fourth-order valence-electron chi connectivity index (χ4n) is 3.06. The Kier molecular flexibility index (Phi) is 6.92. The highest BCUT2D eigenvalue weighted by Crippen LogP contribution is 2.33. The number of hydrogen-bond acceptors (Lipinski definition) is 5. The molecule has 0 spiro atoms. The molecule has 1 aliphatic heterocycles. The van der Waals surface area contributed by atoms with E-state index in [-0.39, 0.29) is 6.54 Å². The van der Waals surface area contributed by atoms with E-state index in [9.17, 15) is 13.2 Å². The number of rotatable bonds is 7. The molecule has 1 aromatic rings. The third-order valence-electron chi connectivity index (χ3n) is 4.43. The number of nitrogens with zero attached hydrogens (tertiary/aromatic N) is 1. The number of sulfonamides is 1. The average molecular weight is 425 g/mol. The van der Waals surface area contributed by atoms with Gasteiger partial charge in [0.25, 0.3) is 0 Å². The summed E-state index contributed by atoms with van der Waals surface area (Å²) in [7, 11) is -0.592. The van der Waals surface area contributed by atoms with Gasteiger partial charge < -0.3 is 14.8 Å². The molecule has 1 aromatic carbocycles. The van der Waals surface area contributed by atoms with E-state index in [1.54, 1.807) is 18.2 Å². The lowest BCUT2D eigenvalue weighted by molar-refractivity contribution is -0.212. The van der Waals surface area contributed by atoms with E-state index in [0.29, 0.717) is 35.0 Å². The van der Waals surface area contributed by atoms with Crippen LogP contribution in [-0.2, 0) is 30.1 Å². The second kappa shape index (κ2) is 8.41. The Bertz CT molecular complexity index is 768. The topological polar surface area (TPSA) is 84.9 Å². The minimum Gasteiger partial charge on any atom is -0.349 e. The molecule has 1 heterocycles. The molecule has 0 radical (unpaired) electrons. The number of carbonyl (C=O) groups is 1. The molecular formula is C16H22Cl2N2O5S. The number of carbonyl (C=O) groups excluding carboxylic acids is 1. The minimum atomic E-state index is -3.45. The standard InChI is InChI=1S/C16H22Cl2N2O5S/c1-24-16(25-2,12-7-6-11(17)9-13(12)18)10-19-15(21)14-5-4-8-20(14)26(3,22)23/h6-7,9,14H,4-5,8,10H2,1-3H3,(H,19,21). The quantitative estimate of drug-likeness (QED) is 0.676. The highest BCUT2D eigenvalue weighted by molar-refractivity contribution is 7.88. The molecule has 0 saturated carbocycles. The molecule has 26 heavy (non-hydrogen) atoms. The minimum absolute atomic E-state index is 0.0473. The van der Waals surface area contributed by atoms with Crippen LogP contribution in [0.25, 0.3) is 0 Å². The van der Waals surface area contributed by atoms with Crippen LogP contribution in [0.15, 0.2) is 18.2 Å². The Labute approximate surface area is 163 Å². The van der Waals surface area contributed by atoms with Crippen molar-refractivity contribution in [1.29, 1.82) is 0 Å². The van der Waals surface area contributed by atoms with Crippen molar-refractivity contribution in [2.24, 2.45) is 0 Å². The summed E-state index contributed by atoms with van der Waals surface area (Å²) in [6, 6.07) is 4.11. The number of halogens is 2. The molecule has 1 fully saturated rings. The smallest absolute Gasteiger partial charge is 0.238 e. The van der Waals surface area contributed by atoms with E-state index < -0.39 is 27.8 Å². The van der Waals surface area contributed by atoms with Gasteiger partial charge >= 0.3 is 0 Å². The second-order valence-electron chi connectivity index (χ2n) is 6.03. The zero-order valence-electron chi connectivity index (χ0n) is 14.8. The summed E-state index contributed by atoms with van der Waals surface area (Å²) in [5.74, 6) is -1.73. The fourth-order valence-corrected chi connectivity index (χ4v) is 4.74. The number of amides is 1. The fraction of sp³-hybridized carbons (Fsp3) is 0.562. The first-order chi connectivity index (χ1) is 12.1. The van der Waals surface area contributed by atoms with Crippen LogP contribution in [0.3, 0.4) is 0 Å². The maximum absolute atomic E-state index is 12.6. The van der Waals surface area contributed by atoms with Crippen LogP contribution in [0.1, 0.15) is 18.4 Å². The zero-order chi connectivity index (χ0) is 19.5. The number of nitrogens with one attached hydrogen (secondary N) is 1. The Balaban J connectivity index is 2.19. The van der Waals surface area contributed by atoms with E-state index in [4.69, 9.17) is 32.7 Å². The first-order valence-electron chi connectivity index (χ1n) is 7.95. The Morgan fingerprint density at radius 2 is 2.00 bits per heavy atom. The Hall–Kier alpha value is -0.900. The predicted octanol–water partition coefficient (Wildman–Crippen LogP) is 1.98. The molecule has 0 aliphatic carbocycles. The third-order valence-corrected chi connectivity index (χ3v) is 6.27. The number of hydrogen-bond donors (Lipinski definition) is 1. The molecule has 1 atom stereocenters. The van der Waals surface area contributed by atoms with Gasteiger partial charge in [0.2, 0.25) is 21.7 Å². The van der Waals surface area contributed by atoms with E-state index in [0.717, 1.165) is 6.26 Å². The van der Waals surface area contributed by atoms with Crippen molar-refractivity contribution in [1.82, 2.24) is 9.62 Å². The second-order valence-corrected chi connectivity index (χ2v) is 8.81. The summed E-state index contributed by atoms with van der Waals surface area (Å²) < 4.78 is 35.9. The van der Waals surface area contributed by atoms with Crippen LogP contribution in [-0.4, -0.2) is 58.2 Å². The Morgan fingerprint density at radius 1 is 1.35 bits per heavy atom. The molecule has 10 heteroatoms. The molecule has 1 unspecified atom stereocenters. The van der Waals surface area contributed by atoms with Crippen molar-refractivity contribution in [2.45, 2.75) is 24.7 Å². The van der Waals surface area contributed by atoms with Gasteiger partial charge in [-0.05, 0) is 25.0 Å². The lowest BCUT2D eigenvalue weighted by atomic mass is 10.0. The summed E-state index contributed by atoms with van der Waals surface area (Å²) in [4.78, 5) is 12.6. The molecular weight excluding hydrogens is 403 g/mol. The number of methoxy groups -OCH3 is 2. The summed E-state index contributed by atoms with van der Waals surface area (Å²) in [5, 5.41) is 3.51. The average Bonchev–Trinajstić information content (AvgIpc) is 3.07. The van der Waals surface area contributed by atoms with Crippen molar-refractivity contribution in [3.05, 3.63) is 33.8 Å². The van der Waals surface area contributed by atoms with Gasteiger partial charge in [-0.15, -0.1) is 0 Å². The molecule has 2 rings (SSSR count). The van der Waals surface area contributed by atoms with Gasteiger partial charge in [-0.25, -0.2) is 8.42 Å². The molecule has 1 saturated heterocycles. The highest BCUT2D eigenvalue weighted by Gasteiger charge is 2.39. The van der Waals surface area contributed by atoms with Crippen molar-refractivity contribution in [3.63, 3.8) is 0 Å². The number of ether oxygens (including phenoxy) is 2. The van der Waals surface area contributed by atoms with Crippen LogP contribution in [0.5, 0.6) is 0 Å². The van der Waals surface area contributed by atoms with Crippen LogP contribution in [0, 0.1) is 0 Å². The molecule has 1 amide bonds. The molecule has 0 aromatic heterocycles. The van der Waals surface area contributed by atoms with Gasteiger partial charge in [-0.2, -0.15) is 4.31 Å². The third kappa shape index (κ3) is 4.49. The number of benzene rings is 1. The molecule has 1 N–H and O–H groups in total. The van der Waals surface area contributed by atoms with Crippen LogP contribution < -0.4 is 5.32 Å². The van der Waals surface area contributed by atoms with Crippen molar-refractivity contribution >= 4 is 39.1 Å². The normalized spacial score (nSPS) is 18.9. The SMILES string of the molecule is COC(CNC(=O)C1CCCN1S(C)(=O)=O)(OC)c1ccc(Cl)cc1Cl. The van der Waals surface area contributed by atoms with E-state index in [1.165, 1.54) is 18.5 Å². The molecule has 0 bridgehead atoms. The lowest BCUT2D eigenvalue weighted by Crippen LogP contribution is -2.50. The largest absolute Gasteiger partial charge is 0.349 e. The van der Waals surface area contributed by atoms with E-state index in [1.807, 2.05) is 0 Å². The van der Waals surface area contributed by atoms with Crippen molar-refractivity contribution < 1.29 is 22.7 Å².